The number of carbonyl (C=O) groups excluding carboxylic acids is 1. The van der Waals surface area contributed by atoms with Crippen molar-refractivity contribution >= 4 is 5.91 Å². The maximum Gasteiger partial charge on any atom is 0.273 e. The SMILES string of the molecule is O=C(NCC1(N2CCCCC2)CCCCC1)c1cn(C2CCNCC2)nn1. The van der Waals surface area contributed by atoms with E-state index in [1.165, 1.54) is 64.5 Å². The van der Waals surface area contributed by atoms with Crippen molar-refractivity contribution in [1.29, 1.82) is 0 Å². The van der Waals surface area contributed by atoms with Crippen LogP contribution in [0.4, 0.5) is 0 Å². The zero-order valence-corrected chi connectivity index (χ0v) is 16.5. The van der Waals surface area contributed by atoms with Gasteiger partial charge in [-0.05, 0) is 64.7 Å². The molecular formula is C20H34N6O. The maximum atomic E-state index is 12.8. The Morgan fingerprint density at radius 3 is 2.56 bits per heavy atom. The molecule has 0 aromatic carbocycles. The lowest BCUT2D eigenvalue weighted by atomic mass is 9.79. The van der Waals surface area contributed by atoms with E-state index in [2.05, 4.69) is 25.8 Å². The molecule has 0 radical (unpaired) electrons. The van der Waals surface area contributed by atoms with Gasteiger partial charge in [-0.3, -0.25) is 9.69 Å². The summed E-state index contributed by atoms with van der Waals surface area (Å²) >= 11 is 0. The summed E-state index contributed by atoms with van der Waals surface area (Å²) < 4.78 is 1.89. The monoisotopic (exact) mass is 374 g/mol. The van der Waals surface area contributed by atoms with Gasteiger partial charge in [-0.25, -0.2) is 4.68 Å². The topological polar surface area (TPSA) is 75.1 Å². The molecule has 2 N–H and O–H groups in total. The molecule has 150 valence electrons. The van der Waals surface area contributed by atoms with Crippen molar-refractivity contribution in [3.8, 4) is 0 Å². The van der Waals surface area contributed by atoms with Crippen LogP contribution in [-0.2, 0) is 0 Å². The van der Waals surface area contributed by atoms with Gasteiger partial charge >= 0.3 is 0 Å². The molecule has 0 unspecified atom stereocenters. The fourth-order valence-electron chi connectivity index (χ4n) is 5.15. The number of aromatic nitrogens is 3. The predicted molar refractivity (Wildman–Crippen MR) is 105 cm³/mol. The molecule has 0 spiro atoms. The molecule has 2 saturated heterocycles. The van der Waals surface area contributed by atoms with Crippen molar-refractivity contribution in [3.05, 3.63) is 11.9 Å². The second-order valence-corrected chi connectivity index (χ2v) is 8.58. The number of nitrogens with zero attached hydrogens (tertiary/aromatic N) is 4. The highest BCUT2D eigenvalue weighted by Gasteiger charge is 2.38. The van der Waals surface area contributed by atoms with Crippen molar-refractivity contribution in [2.24, 2.45) is 0 Å². The van der Waals surface area contributed by atoms with E-state index in [0.29, 0.717) is 11.7 Å². The van der Waals surface area contributed by atoms with Crippen molar-refractivity contribution in [2.45, 2.75) is 75.8 Å². The van der Waals surface area contributed by atoms with E-state index in [1.54, 1.807) is 0 Å². The number of hydrogen-bond donors (Lipinski definition) is 2. The van der Waals surface area contributed by atoms with Crippen LogP contribution in [0, 0.1) is 0 Å². The van der Waals surface area contributed by atoms with Gasteiger partial charge in [0, 0.05) is 12.1 Å². The fraction of sp³-hybridized carbons (Fsp3) is 0.850. The number of rotatable bonds is 5. The molecule has 1 aromatic rings. The molecule has 7 nitrogen and oxygen atoms in total. The summed E-state index contributed by atoms with van der Waals surface area (Å²) in [5, 5.41) is 15.0. The number of likely N-dealkylation sites (tertiary alicyclic amines) is 1. The van der Waals surface area contributed by atoms with Crippen LogP contribution in [0.1, 0.15) is 80.7 Å². The lowest BCUT2D eigenvalue weighted by molar-refractivity contribution is 0.0326. The fourth-order valence-corrected chi connectivity index (χ4v) is 5.15. The Hall–Kier alpha value is -1.47. The van der Waals surface area contributed by atoms with E-state index < -0.39 is 0 Å². The molecule has 27 heavy (non-hydrogen) atoms. The van der Waals surface area contributed by atoms with Gasteiger partial charge in [-0.2, -0.15) is 0 Å². The van der Waals surface area contributed by atoms with Crippen molar-refractivity contribution in [2.75, 3.05) is 32.7 Å². The van der Waals surface area contributed by atoms with Gasteiger partial charge in [0.1, 0.15) is 0 Å². The first-order chi connectivity index (χ1) is 13.3. The zero-order chi connectivity index (χ0) is 18.5. The van der Waals surface area contributed by atoms with Crippen LogP contribution in [-0.4, -0.2) is 64.1 Å². The van der Waals surface area contributed by atoms with Crippen LogP contribution in [0.25, 0.3) is 0 Å². The Morgan fingerprint density at radius 1 is 1.11 bits per heavy atom. The molecule has 1 amide bonds. The normalized spacial score (nSPS) is 24.6. The van der Waals surface area contributed by atoms with Gasteiger partial charge < -0.3 is 10.6 Å². The Bertz CT molecular complexity index is 612. The van der Waals surface area contributed by atoms with E-state index in [0.717, 1.165) is 32.5 Å². The summed E-state index contributed by atoms with van der Waals surface area (Å²) in [5.41, 5.74) is 0.609. The van der Waals surface area contributed by atoms with Crippen LogP contribution in [0.15, 0.2) is 6.20 Å². The highest BCUT2D eigenvalue weighted by molar-refractivity contribution is 5.91. The number of carbonyl (C=O) groups is 1. The number of hydrogen-bond acceptors (Lipinski definition) is 5. The molecule has 1 saturated carbocycles. The Labute approximate surface area is 162 Å². The Balaban J connectivity index is 1.38. The quantitative estimate of drug-likeness (QED) is 0.826. The third-order valence-electron chi connectivity index (χ3n) is 6.81. The highest BCUT2D eigenvalue weighted by atomic mass is 16.2. The molecule has 1 aromatic heterocycles. The van der Waals surface area contributed by atoms with Crippen LogP contribution < -0.4 is 10.6 Å². The minimum atomic E-state index is -0.0721. The molecule has 7 heteroatoms. The van der Waals surface area contributed by atoms with Gasteiger partial charge in [-0.15, -0.1) is 5.10 Å². The predicted octanol–water partition coefficient (Wildman–Crippen LogP) is 2.12. The summed E-state index contributed by atoms with van der Waals surface area (Å²) in [7, 11) is 0. The summed E-state index contributed by atoms with van der Waals surface area (Å²) in [6.45, 7) is 5.12. The molecule has 1 aliphatic carbocycles. The minimum Gasteiger partial charge on any atom is -0.349 e. The van der Waals surface area contributed by atoms with Crippen LogP contribution in [0.2, 0.25) is 0 Å². The summed E-state index contributed by atoms with van der Waals surface area (Å²) in [6, 6.07) is 0.360. The standard InChI is InChI=1S/C20H34N6O/c27-19(18-15-26(24-23-18)17-7-11-21-12-8-17)22-16-20(9-3-1-4-10-20)25-13-5-2-6-14-25/h15,17,21H,1-14,16H2,(H,22,27). The summed E-state index contributed by atoms with van der Waals surface area (Å²) in [6.07, 6.45) is 14.1. The summed E-state index contributed by atoms with van der Waals surface area (Å²) in [4.78, 5) is 15.4. The van der Waals surface area contributed by atoms with Gasteiger partial charge in [0.2, 0.25) is 0 Å². The van der Waals surface area contributed by atoms with E-state index >= 15 is 0 Å². The van der Waals surface area contributed by atoms with Crippen LogP contribution >= 0.6 is 0 Å². The van der Waals surface area contributed by atoms with Gasteiger partial charge in [0.25, 0.3) is 5.91 Å². The van der Waals surface area contributed by atoms with Gasteiger partial charge in [0.15, 0.2) is 5.69 Å². The second kappa shape index (κ2) is 8.69. The third kappa shape index (κ3) is 4.35. The van der Waals surface area contributed by atoms with Crippen LogP contribution in [0.3, 0.4) is 0 Å². The maximum absolute atomic E-state index is 12.8. The first kappa shape index (κ1) is 18.9. The van der Waals surface area contributed by atoms with E-state index in [4.69, 9.17) is 0 Å². The first-order valence-corrected chi connectivity index (χ1v) is 10.9. The number of nitrogens with one attached hydrogen (secondary N) is 2. The van der Waals surface area contributed by atoms with Crippen LogP contribution in [0.5, 0.6) is 0 Å². The van der Waals surface area contributed by atoms with Crippen molar-refractivity contribution in [3.63, 3.8) is 0 Å². The van der Waals surface area contributed by atoms with Crippen molar-refractivity contribution in [1.82, 2.24) is 30.5 Å². The molecule has 3 aliphatic rings. The lowest BCUT2D eigenvalue weighted by Crippen LogP contribution is -2.58. The van der Waals surface area contributed by atoms with E-state index in [9.17, 15) is 4.79 Å². The Morgan fingerprint density at radius 2 is 1.81 bits per heavy atom. The zero-order valence-electron chi connectivity index (χ0n) is 16.5. The number of amides is 1. The smallest absolute Gasteiger partial charge is 0.273 e. The van der Waals surface area contributed by atoms with E-state index in [1.807, 2.05) is 10.9 Å². The molecule has 0 atom stereocenters. The van der Waals surface area contributed by atoms with Gasteiger partial charge in [0.05, 0.1) is 12.2 Å². The third-order valence-corrected chi connectivity index (χ3v) is 6.81. The largest absolute Gasteiger partial charge is 0.349 e. The molecular weight excluding hydrogens is 340 g/mol. The van der Waals surface area contributed by atoms with Crippen molar-refractivity contribution < 1.29 is 4.79 Å². The second-order valence-electron chi connectivity index (χ2n) is 8.58. The molecule has 3 heterocycles. The molecule has 4 rings (SSSR count). The molecule has 2 aliphatic heterocycles. The first-order valence-electron chi connectivity index (χ1n) is 10.9. The van der Waals surface area contributed by atoms with Gasteiger partial charge in [-0.1, -0.05) is 30.9 Å². The molecule has 0 bridgehead atoms. The lowest BCUT2D eigenvalue weighted by Gasteiger charge is -2.48. The minimum absolute atomic E-state index is 0.0721. The average Bonchev–Trinajstić information content (AvgIpc) is 3.24. The molecule has 3 fully saturated rings. The highest BCUT2D eigenvalue weighted by Crippen LogP contribution is 2.35. The van der Waals surface area contributed by atoms with E-state index in [-0.39, 0.29) is 11.4 Å². The summed E-state index contributed by atoms with van der Waals surface area (Å²) in [5.74, 6) is -0.0721. The Kier molecular flexibility index (Phi) is 6.08. The average molecular weight is 375 g/mol. The number of piperidine rings is 2.